The number of halogens is 1. The molecule has 0 spiro atoms. The summed E-state index contributed by atoms with van der Waals surface area (Å²) in [5, 5.41) is 0. The minimum atomic E-state index is -3.56. The topological polar surface area (TPSA) is 63.7 Å². The highest BCUT2D eigenvalue weighted by molar-refractivity contribution is 7.89. The maximum atomic E-state index is 12.9. The summed E-state index contributed by atoms with van der Waals surface area (Å²) in [6.45, 7) is 4.48. The van der Waals surface area contributed by atoms with Gasteiger partial charge >= 0.3 is 5.97 Å². The molecule has 0 saturated carbocycles. The van der Waals surface area contributed by atoms with Crippen LogP contribution in [0.15, 0.2) is 47.4 Å². The number of carbonyl (C=O) groups is 1. The lowest BCUT2D eigenvalue weighted by atomic mass is 9.98. The van der Waals surface area contributed by atoms with Crippen LogP contribution in [0.1, 0.15) is 29.5 Å². The molecule has 0 atom stereocenters. The van der Waals surface area contributed by atoms with E-state index in [1.807, 2.05) is 19.9 Å². The van der Waals surface area contributed by atoms with Crippen LogP contribution in [0.4, 0.5) is 4.39 Å². The van der Waals surface area contributed by atoms with Crippen LogP contribution in [-0.4, -0.2) is 31.8 Å². The number of nitrogens with zero attached hydrogens (tertiary/aromatic N) is 1. The lowest BCUT2D eigenvalue weighted by Crippen LogP contribution is -2.40. The van der Waals surface area contributed by atoms with Crippen LogP contribution in [0.2, 0.25) is 0 Å². The van der Waals surface area contributed by atoms with E-state index < -0.39 is 10.0 Å². The number of benzene rings is 2. The molecule has 5 nitrogen and oxygen atoms in total. The number of piperidine rings is 1. The second-order valence-corrected chi connectivity index (χ2v) is 9.10. The lowest BCUT2D eigenvalue weighted by molar-refractivity contribution is -0.151. The first-order valence-corrected chi connectivity index (χ1v) is 10.7. The normalized spacial score (nSPS) is 16.1. The van der Waals surface area contributed by atoms with Crippen LogP contribution in [-0.2, 0) is 26.2 Å². The van der Waals surface area contributed by atoms with E-state index in [4.69, 9.17) is 4.74 Å². The largest absolute Gasteiger partial charge is 0.461 e. The van der Waals surface area contributed by atoms with Crippen LogP contribution in [0.3, 0.4) is 0 Å². The summed E-state index contributed by atoms with van der Waals surface area (Å²) in [5.41, 5.74) is 2.69. The lowest BCUT2D eigenvalue weighted by Gasteiger charge is -2.30. The maximum absolute atomic E-state index is 12.9. The zero-order valence-corrected chi connectivity index (χ0v) is 16.8. The Labute approximate surface area is 165 Å². The van der Waals surface area contributed by atoms with Gasteiger partial charge in [-0.1, -0.05) is 18.2 Å². The summed E-state index contributed by atoms with van der Waals surface area (Å²) >= 11 is 0. The van der Waals surface area contributed by atoms with Crippen molar-refractivity contribution in [1.82, 2.24) is 4.31 Å². The molecule has 0 unspecified atom stereocenters. The Kier molecular flexibility index (Phi) is 6.15. The quantitative estimate of drug-likeness (QED) is 0.713. The average Bonchev–Trinajstić information content (AvgIpc) is 2.69. The van der Waals surface area contributed by atoms with Gasteiger partial charge in [-0.2, -0.15) is 4.31 Å². The number of rotatable bonds is 5. The SMILES string of the molecule is Cc1ccc(S(=O)(=O)N2CCC(C(=O)OCc3ccc(F)cc3)CC2)cc1C. The monoisotopic (exact) mass is 405 g/mol. The second kappa shape index (κ2) is 8.41. The van der Waals surface area contributed by atoms with Crippen molar-refractivity contribution in [2.75, 3.05) is 13.1 Å². The molecule has 2 aromatic rings. The third-order valence-corrected chi connectivity index (χ3v) is 7.09. The molecule has 0 radical (unpaired) electrons. The van der Waals surface area contributed by atoms with Gasteiger partial charge in [0.25, 0.3) is 0 Å². The Morgan fingerprint density at radius 1 is 1.07 bits per heavy atom. The van der Waals surface area contributed by atoms with Crippen LogP contribution >= 0.6 is 0 Å². The Bertz CT molecular complexity index is 949. The van der Waals surface area contributed by atoms with Gasteiger partial charge in [-0.15, -0.1) is 0 Å². The Morgan fingerprint density at radius 3 is 2.32 bits per heavy atom. The molecule has 1 heterocycles. The Balaban J connectivity index is 1.56. The molecule has 0 amide bonds. The molecular weight excluding hydrogens is 381 g/mol. The van der Waals surface area contributed by atoms with Crippen LogP contribution in [0.5, 0.6) is 0 Å². The maximum Gasteiger partial charge on any atom is 0.309 e. The van der Waals surface area contributed by atoms with Crippen molar-refractivity contribution in [2.24, 2.45) is 5.92 Å². The van der Waals surface area contributed by atoms with Gasteiger partial charge in [0.15, 0.2) is 0 Å². The van der Waals surface area contributed by atoms with Crippen molar-refractivity contribution in [3.63, 3.8) is 0 Å². The highest BCUT2D eigenvalue weighted by Crippen LogP contribution is 2.26. The molecule has 150 valence electrons. The summed E-state index contributed by atoms with van der Waals surface area (Å²) < 4.78 is 45.3. The van der Waals surface area contributed by atoms with E-state index in [-0.39, 0.29) is 42.3 Å². The van der Waals surface area contributed by atoms with Crippen molar-refractivity contribution in [1.29, 1.82) is 0 Å². The first-order chi connectivity index (χ1) is 13.3. The van der Waals surface area contributed by atoms with E-state index in [1.54, 1.807) is 24.3 Å². The number of hydrogen-bond donors (Lipinski definition) is 0. The molecule has 2 aromatic carbocycles. The van der Waals surface area contributed by atoms with E-state index in [0.717, 1.165) is 11.1 Å². The predicted molar refractivity (Wildman–Crippen MR) is 104 cm³/mol. The molecule has 0 N–H and O–H groups in total. The average molecular weight is 405 g/mol. The predicted octanol–water partition coefficient (Wildman–Crippen LogP) is 3.59. The smallest absolute Gasteiger partial charge is 0.309 e. The Morgan fingerprint density at radius 2 is 1.71 bits per heavy atom. The fourth-order valence-corrected chi connectivity index (χ4v) is 4.76. The minimum absolute atomic E-state index is 0.0836. The Hall–Kier alpha value is -2.25. The van der Waals surface area contributed by atoms with Gasteiger partial charge < -0.3 is 4.74 Å². The van der Waals surface area contributed by atoms with Crippen molar-refractivity contribution in [2.45, 2.75) is 38.2 Å². The molecule has 28 heavy (non-hydrogen) atoms. The number of hydrogen-bond acceptors (Lipinski definition) is 4. The van der Waals surface area contributed by atoms with E-state index in [1.165, 1.54) is 16.4 Å². The fraction of sp³-hybridized carbons (Fsp3) is 0.381. The molecule has 1 aliphatic heterocycles. The highest BCUT2D eigenvalue weighted by atomic mass is 32.2. The molecule has 0 bridgehead atoms. The van der Waals surface area contributed by atoms with Gasteiger partial charge in [0.05, 0.1) is 10.8 Å². The fourth-order valence-electron chi connectivity index (χ4n) is 3.21. The first kappa shape index (κ1) is 20.5. The molecule has 1 fully saturated rings. The van der Waals surface area contributed by atoms with Gasteiger partial charge in [0, 0.05) is 13.1 Å². The molecule has 3 rings (SSSR count). The first-order valence-electron chi connectivity index (χ1n) is 9.26. The van der Waals surface area contributed by atoms with Crippen LogP contribution < -0.4 is 0 Å². The van der Waals surface area contributed by atoms with Gasteiger partial charge in [0.2, 0.25) is 10.0 Å². The third-order valence-electron chi connectivity index (χ3n) is 5.20. The van der Waals surface area contributed by atoms with E-state index in [9.17, 15) is 17.6 Å². The molecule has 0 aliphatic carbocycles. The summed E-state index contributed by atoms with van der Waals surface area (Å²) in [7, 11) is -3.56. The van der Waals surface area contributed by atoms with Crippen LogP contribution in [0, 0.1) is 25.6 Å². The van der Waals surface area contributed by atoms with Crippen LogP contribution in [0.25, 0.3) is 0 Å². The van der Waals surface area contributed by atoms with Crippen molar-refractivity contribution in [3.8, 4) is 0 Å². The molecule has 1 saturated heterocycles. The van der Waals surface area contributed by atoms with Gasteiger partial charge in [-0.25, -0.2) is 12.8 Å². The molecular formula is C21H24FNO4S. The zero-order valence-electron chi connectivity index (χ0n) is 16.0. The number of carbonyl (C=O) groups excluding carboxylic acids is 1. The summed E-state index contributed by atoms with van der Waals surface area (Å²) in [6, 6.07) is 10.9. The number of ether oxygens (including phenoxy) is 1. The molecule has 7 heteroatoms. The van der Waals surface area contributed by atoms with Gasteiger partial charge in [-0.05, 0) is 67.6 Å². The third kappa shape index (κ3) is 4.59. The van der Waals surface area contributed by atoms with E-state index in [2.05, 4.69) is 0 Å². The van der Waals surface area contributed by atoms with E-state index >= 15 is 0 Å². The summed E-state index contributed by atoms with van der Waals surface area (Å²) in [5.74, 6) is -1.01. The zero-order chi connectivity index (χ0) is 20.3. The van der Waals surface area contributed by atoms with Gasteiger partial charge in [-0.3, -0.25) is 4.79 Å². The van der Waals surface area contributed by atoms with Gasteiger partial charge in [0.1, 0.15) is 12.4 Å². The van der Waals surface area contributed by atoms with Crippen molar-refractivity contribution >= 4 is 16.0 Å². The standard InChI is InChI=1S/C21H24FNO4S/c1-15-3-8-20(13-16(15)2)28(25,26)23-11-9-18(10-12-23)21(24)27-14-17-4-6-19(22)7-5-17/h3-8,13,18H,9-12,14H2,1-2H3. The number of esters is 1. The molecule has 1 aliphatic rings. The minimum Gasteiger partial charge on any atom is -0.461 e. The van der Waals surface area contributed by atoms with Crippen molar-refractivity contribution < 1.29 is 22.3 Å². The number of sulfonamides is 1. The van der Waals surface area contributed by atoms with Crippen molar-refractivity contribution in [3.05, 3.63) is 65.0 Å². The number of aryl methyl sites for hydroxylation is 2. The summed E-state index contributed by atoms with van der Waals surface area (Å²) in [4.78, 5) is 12.6. The summed E-state index contributed by atoms with van der Waals surface area (Å²) in [6.07, 6.45) is 0.846. The van der Waals surface area contributed by atoms with E-state index in [0.29, 0.717) is 18.4 Å². The second-order valence-electron chi connectivity index (χ2n) is 7.16. The highest BCUT2D eigenvalue weighted by Gasteiger charge is 2.32. The molecule has 0 aromatic heterocycles.